The van der Waals surface area contributed by atoms with E-state index in [1.54, 1.807) is 0 Å². The minimum Gasteiger partial charge on any atom is -0.274 e. The van der Waals surface area contributed by atoms with E-state index in [0.717, 1.165) is 41.6 Å². The Bertz CT molecular complexity index is 980. The van der Waals surface area contributed by atoms with E-state index in [1.165, 1.54) is 12.1 Å². The van der Waals surface area contributed by atoms with Crippen LogP contribution in [0.3, 0.4) is 0 Å². The zero-order chi connectivity index (χ0) is 19.6. The molecule has 5 rings (SSSR count). The largest absolute Gasteiger partial charge is 0.274 e. The Hall–Kier alpha value is -2.28. The topological polar surface area (TPSA) is 43.9 Å². The number of imide groups is 1. The van der Waals surface area contributed by atoms with Crippen LogP contribution in [0, 0.1) is 18.7 Å². The number of aryl methyl sites for hydroxylation is 1. The van der Waals surface area contributed by atoms with E-state index >= 15 is 0 Å². The molecule has 0 N–H and O–H groups in total. The Morgan fingerprint density at radius 1 is 0.964 bits per heavy atom. The number of rotatable bonds is 2. The second kappa shape index (κ2) is 6.37. The molecule has 5 nitrogen and oxygen atoms in total. The molecule has 0 aliphatic carbocycles. The van der Waals surface area contributed by atoms with Crippen LogP contribution in [0.25, 0.3) is 0 Å². The molecule has 0 aromatic heterocycles. The zero-order valence-corrected chi connectivity index (χ0v) is 16.1. The highest BCUT2D eigenvalue weighted by atomic mass is 35.5. The summed E-state index contributed by atoms with van der Waals surface area (Å²) in [5.41, 5.74) is 2.40. The van der Waals surface area contributed by atoms with Crippen molar-refractivity contribution in [2.45, 2.75) is 25.4 Å². The lowest BCUT2D eigenvalue weighted by atomic mass is 9.89. The Morgan fingerprint density at radius 2 is 1.64 bits per heavy atom. The SMILES string of the molecule is Cc1ccc([C@@H]2[C@H]3C(=O)N(c4ccc(Cl)c(F)c4)C(=O)[C@@H]3N3CCCN23)cc1. The number of amides is 2. The van der Waals surface area contributed by atoms with Crippen LogP contribution in [0.2, 0.25) is 5.02 Å². The standard InChI is InChI=1S/C21H19ClFN3O2/c1-12-3-5-13(6-4-12)18-17-19(25-10-2-9-24(18)25)21(28)26(20(17)27)14-7-8-15(22)16(23)11-14/h3-8,11,17-19H,2,9-10H2,1H3/t17-,18-,19-/m1/s1. The molecular formula is C21H19ClFN3O2. The van der Waals surface area contributed by atoms with Gasteiger partial charge in [-0.2, -0.15) is 0 Å². The molecule has 2 aromatic carbocycles. The predicted octanol–water partition coefficient (Wildman–Crippen LogP) is 3.32. The fourth-order valence-corrected chi connectivity index (χ4v) is 4.87. The molecule has 0 saturated carbocycles. The van der Waals surface area contributed by atoms with E-state index in [4.69, 9.17) is 11.6 Å². The van der Waals surface area contributed by atoms with Crippen molar-refractivity contribution in [3.63, 3.8) is 0 Å². The first-order valence-electron chi connectivity index (χ1n) is 9.40. The van der Waals surface area contributed by atoms with E-state index in [9.17, 15) is 14.0 Å². The molecule has 2 aromatic rings. The first-order chi connectivity index (χ1) is 13.5. The Labute approximate surface area is 167 Å². The number of hydrogen-bond donors (Lipinski definition) is 0. The van der Waals surface area contributed by atoms with Gasteiger partial charge in [-0.1, -0.05) is 41.4 Å². The van der Waals surface area contributed by atoms with Crippen molar-refractivity contribution in [2.75, 3.05) is 18.0 Å². The lowest BCUT2D eigenvalue weighted by Gasteiger charge is -2.29. The van der Waals surface area contributed by atoms with Crippen LogP contribution >= 0.6 is 11.6 Å². The van der Waals surface area contributed by atoms with Crippen LogP contribution in [-0.4, -0.2) is 41.0 Å². The Balaban J connectivity index is 1.58. The molecular weight excluding hydrogens is 381 g/mol. The van der Waals surface area contributed by atoms with Crippen molar-refractivity contribution in [3.8, 4) is 0 Å². The summed E-state index contributed by atoms with van der Waals surface area (Å²) in [6.45, 7) is 3.58. The molecule has 3 heterocycles. The smallest absolute Gasteiger partial charge is 0.253 e. The van der Waals surface area contributed by atoms with E-state index in [0.29, 0.717) is 0 Å². The second-order valence-corrected chi connectivity index (χ2v) is 8.02. The third-order valence-electron chi connectivity index (χ3n) is 5.99. The van der Waals surface area contributed by atoms with Gasteiger partial charge in [-0.25, -0.2) is 19.3 Å². The quantitative estimate of drug-likeness (QED) is 0.727. The molecule has 144 valence electrons. The van der Waals surface area contributed by atoms with Gasteiger partial charge in [0.2, 0.25) is 5.91 Å². The Kier molecular flexibility index (Phi) is 4.05. The molecule has 3 aliphatic heterocycles. The normalized spacial score (nSPS) is 27.5. The average Bonchev–Trinajstić information content (AvgIpc) is 3.31. The first-order valence-corrected chi connectivity index (χ1v) is 9.78. The molecule has 0 bridgehead atoms. The van der Waals surface area contributed by atoms with Crippen LogP contribution in [0.1, 0.15) is 23.6 Å². The van der Waals surface area contributed by atoms with Gasteiger partial charge in [0.05, 0.1) is 22.7 Å². The molecule has 2 amide bonds. The van der Waals surface area contributed by atoms with Gasteiger partial charge < -0.3 is 0 Å². The molecule has 3 saturated heterocycles. The molecule has 0 spiro atoms. The summed E-state index contributed by atoms with van der Waals surface area (Å²) < 4.78 is 14.0. The van der Waals surface area contributed by atoms with Crippen molar-refractivity contribution < 1.29 is 14.0 Å². The van der Waals surface area contributed by atoms with Crippen molar-refractivity contribution >= 4 is 29.1 Å². The second-order valence-electron chi connectivity index (χ2n) is 7.62. The van der Waals surface area contributed by atoms with Gasteiger partial charge in [-0.15, -0.1) is 0 Å². The summed E-state index contributed by atoms with van der Waals surface area (Å²) in [6.07, 6.45) is 0.947. The molecule has 7 heteroatoms. The lowest BCUT2D eigenvalue weighted by Crippen LogP contribution is -2.44. The number of carbonyl (C=O) groups excluding carboxylic acids is 2. The highest BCUT2D eigenvalue weighted by molar-refractivity contribution is 6.31. The summed E-state index contributed by atoms with van der Waals surface area (Å²) in [7, 11) is 0. The minimum atomic E-state index is -0.644. The molecule has 3 fully saturated rings. The van der Waals surface area contributed by atoms with Gasteiger partial charge in [-0.05, 0) is 37.1 Å². The molecule has 28 heavy (non-hydrogen) atoms. The third kappa shape index (κ3) is 2.45. The minimum absolute atomic E-state index is 0.0358. The Morgan fingerprint density at radius 3 is 2.32 bits per heavy atom. The fourth-order valence-electron chi connectivity index (χ4n) is 4.76. The van der Waals surface area contributed by atoms with Gasteiger partial charge in [-0.3, -0.25) is 9.59 Å². The van der Waals surface area contributed by atoms with Crippen LogP contribution in [0.4, 0.5) is 10.1 Å². The number of benzene rings is 2. The highest BCUT2D eigenvalue weighted by Crippen LogP contribution is 2.49. The molecule has 0 unspecified atom stereocenters. The van der Waals surface area contributed by atoms with E-state index < -0.39 is 17.8 Å². The van der Waals surface area contributed by atoms with E-state index in [2.05, 4.69) is 5.01 Å². The van der Waals surface area contributed by atoms with E-state index in [-0.39, 0.29) is 28.6 Å². The van der Waals surface area contributed by atoms with Crippen LogP contribution in [0.5, 0.6) is 0 Å². The summed E-state index contributed by atoms with van der Waals surface area (Å²) in [5.74, 6) is -1.72. The number of nitrogens with zero attached hydrogens (tertiary/aromatic N) is 3. The van der Waals surface area contributed by atoms with Crippen molar-refractivity contribution in [1.82, 2.24) is 10.0 Å². The van der Waals surface area contributed by atoms with Crippen LogP contribution in [0.15, 0.2) is 42.5 Å². The third-order valence-corrected chi connectivity index (χ3v) is 6.29. The number of halogens is 2. The number of anilines is 1. The lowest BCUT2D eigenvalue weighted by molar-refractivity contribution is -0.126. The van der Waals surface area contributed by atoms with Crippen LogP contribution in [-0.2, 0) is 9.59 Å². The van der Waals surface area contributed by atoms with Gasteiger partial charge in [0.1, 0.15) is 11.9 Å². The van der Waals surface area contributed by atoms with Gasteiger partial charge >= 0.3 is 0 Å². The monoisotopic (exact) mass is 399 g/mol. The van der Waals surface area contributed by atoms with Crippen LogP contribution < -0.4 is 4.90 Å². The maximum atomic E-state index is 14.0. The molecule has 3 aliphatic rings. The average molecular weight is 400 g/mol. The first kappa shape index (κ1) is 17.8. The van der Waals surface area contributed by atoms with Crippen molar-refractivity contribution in [1.29, 1.82) is 0 Å². The predicted molar refractivity (Wildman–Crippen MR) is 103 cm³/mol. The van der Waals surface area contributed by atoms with Gasteiger partial charge in [0.15, 0.2) is 0 Å². The maximum absolute atomic E-state index is 14.0. The summed E-state index contributed by atoms with van der Waals surface area (Å²) in [6, 6.07) is 11.4. The summed E-state index contributed by atoms with van der Waals surface area (Å²) in [5, 5.41) is 4.16. The van der Waals surface area contributed by atoms with Gasteiger partial charge in [0, 0.05) is 13.1 Å². The van der Waals surface area contributed by atoms with Crippen molar-refractivity contribution in [3.05, 3.63) is 64.4 Å². The van der Waals surface area contributed by atoms with Gasteiger partial charge in [0.25, 0.3) is 5.91 Å². The molecule has 0 radical (unpaired) electrons. The summed E-state index contributed by atoms with van der Waals surface area (Å²) >= 11 is 5.77. The fraction of sp³-hybridized carbons (Fsp3) is 0.333. The number of hydrogen-bond acceptors (Lipinski definition) is 4. The van der Waals surface area contributed by atoms with Crippen molar-refractivity contribution in [2.24, 2.45) is 5.92 Å². The number of hydrazine groups is 1. The highest BCUT2D eigenvalue weighted by Gasteiger charge is 2.62. The summed E-state index contributed by atoms with van der Waals surface area (Å²) in [4.78, 5) is 27.8. The number of carbonyl (C=O) groups is 2. The molecule has 3 atom stereocenters. The van der Waals surface area contributed by atoms with E-state index in [1.807, 2.05) is 36.2 Å². The number of fused-ring (bicyclic) bond motifs is 3. The maximum Gasteiger partial charge on any atom is 0.253 e. The zero-order valence-electron chi connectivity index (χ0n) is 15.3.